The van der Waals surface area contributed by atoms with Gasteiger partial charge in [0.2, 0.25) is 0 Å². The summed E-state index contributed by atoms with van der Waals surface area (Å²) < 4.78 is 16.3. The molecule has 0 aromatic heterocycles. The number of carbonyl (C=O) groups is 1. The first-order valence-electron chi connectivity index (χ1n) is 9.60. The summed E-state index contributed by atoms with van der Waals surface area (Å²) in [6.45, 7) is 2.43. The minimum atomic E-state index is -0.296. The number of anilines is 1. The molecule has 2 fully saturated rings. The Hall–Kier alpha value is -1.63. The van der Waals surface area contributed by atoms with Crippen LogP contribution in [0.2, 0.25) is 0 Å². The zero-order chi connectivity index (χ0) is 18.4. The molecule has 1 aliphatic carbocycles. The molecule has 0 bridgehead atoms. The highest BCUT2D eigenvalue weighted by Crippen LogP contribution is 2.35. The zero-order valence-corrected chi connectivity index (χ0v) is 15.6. The van der Waals surface area contributed by atoms with E-state index in [1.165, 1.54) is 5.56 Å². The lowest BCUT2D eigenvalue weighted by atomic mass is 9.82. The van der Waals surface area contributed by atoms with Gasteiger partial charge in [0.05, 0.1) is 19.3 Å². The van der Waals surface area contributed by atoms with Gasteiger partial charge in [-0.05, 0) is 62.3 Å². The van der Waals surface area contributed by atoms with E-state index in [4.69, 9.17) is 19.9 Å². The van der Waals surface area contributed by atoms with E-state index >= 15 is 0 Å². The standard InChI is InChI=1S/C20H30N2O4/c1-24-14-19-13-22(20(23)26-19)17-7-3-15(4-8-17)16-5-9-18(10-6-16)25-12-2-11-21/h3-4,7-8,16,18-19H,2,5-6,9-14,21H2,1H3. The molecule has 3 rings (SSSR count). The molecule has 1 saturated heterocycles. The van der Waals surface area contributed by atoms with Crippen LogP contribution in [0.1, 0.15) is 43.6 Å². The molecule has 26 heavy (non-hydrogen) atoms. The van der Waals surface area contributed by atoms with Gasteiger partial charge in [0.1, 0.15) is 6.10 Å². The fourth-order valence-corrected chi connectivity index (χ4v) is 3.83. The number of carbonyl (C=O) groups excluding carboxylic acids is 1. The van der Waals surface area contributed by atoms with Gasteiger partial charge >= 0.3 is 6.09 Å². The van der Waals surface area contributed by atoms with Crippen LogP contribution in [0.4, 0.5) is 10.5 Å². The normalized spacial score (nSPS) is 26.2. The van der Waals surface area contributed by atoms with Gasteiger partial charge in [-0.25, -0.2) is 4.79 Å². The number of cyclic esters (lactones) is 1. The van der Waals surface area contributed by atoms with E-state index < -0.39 is 0 Å². The summed E-state index contributed by atoms with van der Waals surface area (Å²) in [4.78, 5) is 13.7. The minimum absolute atomic E-state index is 0.193. The molecule has 2 N–H and O–H groups in total. The molecule has 1 aromatic rings. The van der Waals surface area contributed by atoms with Gasteiger partial charge in [0.15, 0.2) is 0 Å². The molecule has 1 atom stereocenters. The summed E-state index contributed by atoms with van der Waals surface area (Å²) in [6.07, 6.45) is 5.34. The maximum absolute atomic E-state index is 12.0. The molecule has 1 amide bonds. The Kier molecular flexibility index (Phi) is 6.88. The SMILES string of the molecule is COCC1CN(c2ccc(C3CCC(OCCCN)CC3)cc2)C(=O)O1. The minimum Gasteiger partial charge on any atom is -0.441 e. The predicted molar refractivity (Wildman–Crippen MR) is 101 cm³/mol. The molecule has 6 nitrogen and oxygen atoms in total. The highest BCUT2D eigenvalue weighted by atomic mass is 16.6. The van der Waals surface area contributed by atoms with E-state index in [2.05, 4.69) is 12.1 Å². The monoisotopic (exact) mass is 362 g/mol. The van der Waals surface area contributed by atoms with Crippen molar-refractivity contribution in [2.75, 3.05) is 38.3 Å². The Morgan fingerprint density at radius 2 is 1.92 bits per heavy atom. The third kappa shape index (κ3) is 4.75. The Bertz CT molecular complexity index is 570. The van der Waals surface area contributed by atoms with Crippen LogP contribution in [-0.4, -0.2) is 51.7 Å². The van der Waals surface area contributed by atoms with Gasteiger partial charge in [-0.2, -0.15) is 0 Å². The number of ether oxygens (including phenoxy) is 3. The maximum Gasteiger partial charge on any atom is 0.414 e. The van der Waals surface area contributed by atoms with Crippen LogP contribution in [0.5, 0.6) is 0 Å². The van der Waals surface area contributed by atoms with E-state index in [0.717, 1.165) is 44.4 Å². The molecule has 0 spiro atoms. The summed E-state index contributed by atoms with van der Waals surface area (Å²) in [6, 6.07) is 8.34. The molecule has 144 valence electrons. The average Bonchev–Trinajstić information content (AvgIpc) is 3.03. The Labute approximate surface area is 155 Å². The number of rotatable bonds is 8. The van der Waals surface area contributed by atoms with Gasteiger partial charge in [-0.3, -0.25) is 4.90 Å². The molecule has 2 aliphatic rings. The summed E-state index contributed by atoms with van der Waals surface area (Å²) in [5.41, 5.74) is 7.74. The fraction of sp³-hybridized carbons (Fsp3) is 0.650. The van der Waals surface area contributed by atoms with Crippen molar-refractivity contribution in [3.8, 4) is 0 Å². The Morgan fingerprint density at radius 1 is 1.19 bits per heavy atom. The zero-order valence-electron chi connectivity index (χ0n) is 15.6. The number of nitrogens with two attached hydrogens (primary N) is 1. The van der Waals surface area contributed by atoms with Crippen molar-refractivity contribution in [2.24, 2.45) is 5.73 Å². The second kappa shape index (κ2) is 9.35. The smallest absolute Gasteiger partial charge is 0.414 e. The van der Waals surface area contributed by atoms with Crippen LogP contribution in [0, 0.1) is 0 Å². The second-order valence-electron chi connectivity index (χ2n) is 7.15. The number of nitrogens with zero attached hydrogens (tertiary/aromatic N) is 1. The lowest BCUT2D eigenvalue weighted by Gasteiger charge is -2.29. The molecule has 1 aromatic carbocycles. The Balaban J connectivity index is 1.51. The van der Waals surface area contributed by atoms with E-state index in [1.807, 2.05) is 12.1 Å². The van der Waals surface area contributed by atoms with E-state index in [9.17, 15) is 4.79 Å². The van der Waals surface area contributed by atoms with Gasteiger partial charge in [0, 0.05) is 19.4 Å². The van der Waals surface area contributed by atoms with E-state index in [1.54, 1.807) is 12.0 Å². The number of hydrogen-bond acceptors (Lipinski definition) is 5. The maximum atomic E-state index is 12.0. The van der Waals surface area contributed by atoms with E-state index in [0.29, 0.717) is 31.7 Å². The van der Waals surface area contributed by atoms with Crippen LogP contribution >= 0.6 is 0 Å². The molecule has 1 aliphatic heterocycles. The van der Waals surface area contributed by atoms with Crippen molar-refractivity contribution in [1.82, 2.24) is 0 Å². The summed E-state index contributed by atoms with van der Waals surface area (Å²) >= 11 is 0. The van der Waals surface area contributed by atoms with Crippen molar-refractivity contribution in [3.63, 3.8) is 0 Å². The molecule has 0 radical (unpaired) electrons. The van der Waals surface area contributed by atoms with Gasteiger partial charge in [0.25, 0.3) is 0 Å². The van der Waals surface area contributed by atoms with Crippen LogP contribution in [0.3, 0.4) is 0 Å². The lowest BCUT2D eigenvalue weighted by molar-refractivity contribution is 0.0243. The fourth-order valence-electron chi connectivity index (χ4n) is 3.83. The molecule has 6 heteroatoms. The van der Waals surface area contributed by atoms with Gasteiger partial charge < -0.3 is 19.9 Å². The van der Waals surface area contributed by atoms with Crippen LogP contribution < -0.4 is 10.6 Å². The quantitative estimate of drug-likeness (QED) is 0.720. The number of amides is 1. The second-order valence-corrected chi connectivity index (χ2v) is 7.15. The third-order valence-corrected chi connectivity index (χ3v) is 5.28. The van der Waals surface area contributed by atoms with Crippen molar-refractivity contribution in [1.29, 1.82) is 0 Å². The molecule has 1 unspecified atom stereocenters. The van der Waals surface area contributed by atoms with Crippen LogP contribution in [-0.2, 0) is 14.2 Å². The number of benzene rings is 1. The van der Waals surface area contributed by atoms with Gasteiger partial charge in [-0.1, -0.05) is 12.1 Å². The Morgan fingerprint density at radius 3 is 2.58 bits per heavy atom. The first kappa shape index (κ1) is 19.1. The van der Waals surface area contributed by atoms with Crippen LogP contribution in [0.25, 0.3) is 0 Å². The van der Waals surface area contributed by atoms with Crippen LogP contribution in [0.15, 0.2) is 24.3 Å². The highest BCUT2D eigenvalue weighted by Gasteiger charge is 2.32. The molecular weight excluding hydrogens is 332 g/mol. The first-order chi connectivity index (χ1) is 12.7. The van der Waals surface area contributed by atoms with Crippen molar-refractivity contribution >= 4 is 11.8 Å². The number of methoxy groups -OCH3 is 1. The number of hydrogen-bond donors (Lipinski definition) is 1. The van der Waals surface area contributed by atoms with Crippen molar-refractivity contribution in [3.05, 3.63) is 29.8 Å². The summed E-state index contributed by atoms with van der Waals surface area (Å²) in [5, 5.41) is 0. The van der Waals surface area contributed by atoms with Crippen molar-refractivity contribution < 1.29 is 19.0 Å². The molecule has 1 heterocycles. The average molecular weight is 362 g/mol. The molecule has 1 saturated carbocycles. The van der Waals surface area contributed by atoms with Gasteiger partial charge in [-0.15, -0.1) is 0 Å². The van der Waals surface area contributed by atoms with Crippen molar-refractivity contribution in [2.45, 2.75) is 50.2 Å². The largest absolute Gasteiger partial charge is 0.441 e. The predicted octanol–water partition coefficient (Wildman–Crippen LogP) is 3.05. The topological polar surface area (TPSA) is 74.0 Å². The van der Waals surface area contributed by atoms with E-state index in [-0.39, 0.29) is 12.2 Å². The summed E-state index contributed by atoms with van der Waals surface area (Å²) in [7, 11) is 1.61. The lowest BCUT2D eigenvalue weighted by Crippen LogP contribution is -2.25. The molecular formula is C20H30N2O4. The first-order valence-corrected chi connectivity index (χ1v) is 9.60. The third-order valence-electron chi connectivity index (χ3n) is 5.28. The summed E-state index contributed by atoms with van der Waals surface area (Å²) in [5.74, 6) is 0.574. The highest BCUT2D eigenvalue weighted by molar-refractivity contribution is 5.89.